The van der Waals surface area contributed by atoms with Crippen LogP contribution < -0.4 is 0 Å². The molecule has 100 valence electrons. The van der Waals surface area contributed by atoms with E-state index in [1.165, 1.54) is 43.5 Å². The van der Waals surface area contributed by atoms with Gasteiger partial charge in [-0.05, 0) is 31.5 Å². The minimum atomic E-state index is 1.12. The van der Waals surface area contributed by atoms with E-state index in [-0.39, 0.29) is 0 Å². The van der Waals surface area contributed by atoms with Crippen molar-refractivity contribution in [3.8, 4) is 0 Å². The molecular weight excluding hydrogens is 226 g/mol. The molecule has 0 aromatic carbocycles. The first-order chi connectivity index (χ1) is 8.33. The second kappa shape index (κ2) is 12.1. The van der Waals surface area contributed by atoms with Gasteiger partial charge in [0.15, 0.2) is 0 Å². The number of hydrogen-bond acceptors (Lipinski definition) is 2. The molecule has 0 aliphatic carbocycles. The summed E-state index contributed by atoms with van der Waals surface area (Å²) < 4.78 is 0. The Balaban J connectivity index is 0.00000121. The Morgan fingerprint density at radius 2 is 1.82 bits per heavy atom. The number of hydrogen-bond donors (Lipinski definition) is 0. The van der Waals surface area contributed by atoms with Gasteiger partial charge in [-0.2, -0.15) is 0 Å². The Morgan fingerprint density at radius 3 is 2.41 bits per heavy atom. The van der Waals surface area contributed by atoms with Gasteiger partial charge >= 0.3 is 0 Å². The Kier molecular flexibility index (Phi) is 11.9. The molecule has 0 radical (unpaired) electrons. The molecule has 1 nitrogen and oxygen atoms in total. The smallest absolute Gasteiger partial charge is 0.0324 e. The molecule has 0 N–H and O–H groups in total. The minimum absolute atomic E-state index is 1.12. The summed E-state index contributed by atoms with van der Waals surface area (Å²) in [5.74, 6) is 0. The van der Waals surface area contributed by atoms with Crippen LogP contribution in [0.3, 0.4) is 0 Å². The quantitative estimate of drug-likeness (QED) is 0.579. The number of thiophene rings is 1. The molecule has 0 amide bonds. The lowest BCUT2D eigenvalue weighted by molar-refractivity contribution is 0.319. The highest BCUT2D eigenvalue weighted by Gasteiger charge is 2.00. The molecule has 0 saturated heterocycles. The lowest BCUT2D eigenvalue weighted by atomic mass is 10.1. The van der Waals surface area contributed by atoms with E-state index >= 15 is 0 Å². The van der Waals surface area contributed by atoms with E-state index in [2.05, 4.69) is 36.4 Å². The summed E-state index contributed by atoms with van der Waals surface area (Å²) >= 11 is 1.86. The predicted molar refractivity (Wildman–Crippen MR) is 80.8 cm³/mol. The van der Waals surface area contributed by atoms with Gasteiger partial charge in [0.1, 0.15) is 0 Å². The van der Waals surface area contributed by atoms with Crippen molar-refractivity contribution in [3.05, 3.63) is 22.4 Å². The Bertz CT molecular complexity index is 231. The zero-order valence-corrected chi connectivity index (χ0v) is 12.9. The molecule has 1 heterocycles. The third-order valence-corrected chi connectivity index (χ3v) is 3.51. The third-order valence-electron chi connectivity index (χ3n) is 2.65. The summed E-state index contributed by atoms with van der Waals surface area (Å²) in [7, 11) is 2.22. The molecule has 1 rings (SSSR count). The Hall–Kier alpha value is -0.340. The second-order valence-corrected chi connectivity index (χ2v) is 5.26. The van der Waals surface area contributed by atoms with Crippen LogP contribution in [-0.2, 0) is 6.54 Å². The Morgan fingerprint density at radius 1 is 1.12 bits per heavy atom. The van der Waals surface area contributed by atoms with Crippen molar-refractivity contribution < 1.29 is 0 Å². The van der Waals surface area contributed by atoms with Crippen LogP contribution >= 0.6 is 11.3 Å². The molecule has 0 aliphatic heterocycles. The molecule has 0 atom stereocenters. The Labute approximate surface area is 112 Å². The molecule has 0 saturated carbocycles. The first kappa shape index (κ1) is 16.7. The van der Waals surface area contributed by atoms with Crippen molar-refractivity contribution in [2.24, 2.45) is 0 Å². The standard InChI is InChI=1S/C13H23NS.C2H6/c1-3-4-5-6-7-10-14(2)12-13-9-8-11-15-13;1-2/h8-9,11H,3-7,10,12H2,1-2H3;1-2H3. The van der Waals surface area contributed by atoms with Gasteiger partial charge in [-0.1, -0.05) is 52.5 Å². The molecule has 1 aromatic rings. The fourth-order valence-corrected chi connectivity index (χ4v) is 2.52. The highest BCUT2D eigenvalue weighted by atomic mass is 32.1. The summed E-state index contributed by atoms with van der Waals surface area (Å²) in [6, 6.07) is 4.35. The van der Waals surface area contributed by atoms with Crippen molar-refractivity contribution in [3.63, 3.8) is 0 Å². The van der Waals surface area contributed by atoms with Crippen LogP contribution in [0.15, 0.2) is 17.5 Å². The summed E-state index contributed by atoms with van der Waals surface area (Å²) in [5.41, 5.74) is 0. The molecule has 17 heavy (non-hydrogen) atoms. The van der Waals surface area contributed by atoms with Crippen molar-refractivity contribution >= 4 is 11.3 Å². The zero-order valence-electron chi connectivity index (χ0n) is 12.0. The van der Waals surface area contributed by atoms with Crippen LogP contribution in [-0.4, -0.2) is 18.5 Å². The first-order valence-corrected chi connectivity index (χ1v) is 7.92. The molecule has 0 spiro atoms. The van der Waals surface area contributed by atoms with E-state index in [1.54, 1.807) is 0 Å². The molecule has 0 fully saturated rings. The monoisotopic (exact) mass is 255 g/mol. The average Bonchev–Trinajstić information content (AvgIpc) is 2.84. The predicted octanol–water partition coefficient (Wildman–Crippen LogP) is 5.18. The minimum Gasteiger partial charge on any atom is -0.301 e. The van der Waals surface area contributed by atoms with Crippen LogP contribution in [0, 0.1) is 0 Å². The van der Waals surface area contributed by atoms with Crippen LogP contribution in [0.4, 0.5) is 0 Å². The van der Waals surface area contributed by atoms with E-state index in [0.29, 0.717) is 0 Å². The maximum atomic E-state index is 2.43. The van der Waals surface area contributed by atoms with Gasteiger partial charge in [0.05, 0.1) is 0 Å². The topological polar surface area (TPSA) is 3.24 Å². The van der Waals surface area contributed by atoms with E-state index in [4.69, 9.17) is 0 Å². The van der Waals surface area contributed by atoms with Crippen LogP contribution in [0.25, 0.3) is 0 Å². The molecule has 0 bridgehead atoms. The van der Waals surface area contributed by atoms with Gasteiger partial charge in [-0.15, -0.1) is 11.3 Å². The lowest BCUT2D eigenvalue weighted by Crippen LogP contribution is -2.18. The van der Waals surface area contributed by atoms with Crippen molar-refractivity contribution in [1.29, 1.82) is 0 Å². The molecular formula is C15H29NS. The molecule has 1 aromatic heterocycles. The fourth-order valence-electron chi connectivity index (χ4n) is 1.73. The maximum absolute atomic E-state index is 2.43. The summed E-state index contributed by atoms with van der Waals surface area (Å²) in [5, 5.41) is 2.16. The fraction of sp³-hybridized carbons (Fsp3) is 0.733. The summed E-state index contributed by atoms with van der Waals surface area (Å²) in [6.07, 6.45) is 6.88. The third kappa shape index (κ3) is 9.37. The lowest BCUT2D eigenvalue weighted by Gasteiger charge is -2.15. The average molecular weight is 255 g/mol. The number of nitrogens with zero attached hydrogens (tertiary/aromatic N) is 1. The number of unbranched alkanes of at least 4 members (excludes halogenated alkanes) is 4. The first-order valence-electron chi connectivity index (χ1n) is 7.04. The van der Waals surface area contributed by atoms with E-state index in [0.717, 1.165) is 6.54 Å². The number of rotatable bonds is 8. The van der Waals surface area contributed by atoms with Crippen molar-refractivity contribution in [2.45, 2.75) is 59.4 Å². The molecule has 2 heteroatoms. The normalized spacial score (nSPS) is 10.2. The summed E-state index contributed by atoms with van der Waals surface area (Å²) in [4.78, 5) is 3.91. The van der Waals surface area contributed by atoms with E-state index in [9.17, 15) is 0 Å². The van der Waals surface area contributed by atoms with Gasteiger partial charge in [-0.25, -0.2) is 0 Å². The van der Waals surface area contributed by atoms with Gasteiger partial charge in [0.2, 0.25) is 0 Å². The van der Waals surface area contributed by atoms with Crippen molar-refractivity contribution in [1.82, 2.24) is 4.90 Å². The largest absolute Gasteiger partial charge is 0.301 e. The zero-order chi connectivity index (χ0) is 12.9. The SMILES string of the molecule is CC.CCCCCCCN(C)Cc1cccs1. The van der Waals surface area contributed by atoms with Crippen molar-refractivity contribution in [2.75, 3.05) is 13.6 Å². The van der Waals surface area contributed by atoms with Crippen LogP contribution in [0.1, 0.15) is 57.8 Å². The highest BCUT2D eigenvalue weighted by molar-refractivity contribution is 7.09. The van der Waals surface area contributed by atoms with Gasteiger partial charge in [-0.3, -0.25) is 0 Å². The highest BCUT2D eigenvalue weighted by Crippen LogP contribution is 2.11. The second-order valence-electron chi connectivity index (χ2n) is 4.23. The molecule has 0 aliphatic rings. The maximum Gasteiger partial charge on any atom is 0.0324 e. The van der Waals surface area contributed by atoms with E-state index in [1.807, 2.05) is 25.2 Å². The van der Waals surface area contributed by atoms with Gasteiger partial charge in [0, 0.05) is 11.4 Å². The van der Waals surface area contributed by atoms with E-state index < -0.39 is 0 Å². The van der Waals surface area contributed by atoms with Gasteiger partial charge < -0.3 is 4.90 Å². The van der Waals surface area contributed by atoms with Gasteiger partial charge in [0.25, 0.3) is 0 Å². The molecule has 0 unspecified atom stereocenters. The van der Waals surface area contributed by atoms with Crippen LogP contribution in [0.2, 0.25) is 0 Å². The van der Waals surface area contributed by atoms with Crippen LogP contribution in [0.5, 0.6) is 0 Å². The summed E-state index contributed by atoms with van der Waals surface area (Å²) in [6.45, 7) is 8.62.